The minimum Gasteiger partial charge on any atom is -0.411 e. The molecule has 2 atom stereocenters. The van der Waals surface area contributed by atoms with Crippen LogP contribution in [0.15, 0.2) is 5.16 Å². The third-order valence-electron chi connectivity index (χ3n) is 3.12. The van der Waals surface area contributed by atoms with E-state index in [0.717, 1.165) is 0 Å². The van der Waals surface area contributed by atoms with Crippen molar-refractivity contribution in [3.05, 3.63) is 0 Å². The number of Topliss-reactive ketones (excluding diaryl/α,β-unsaturated/α-hetero) is 1. The highest BCUT2D eigenvalue weighted by molar-refractivity contribution is 6.40. The van der Waals surface area contributed by atoms with Crippen LogP contribution >= 0.6 is 0 Å². The molecule has 14 heavy (non-hydrogen) atoms. The van der Waals surface area contributed by atoms with Gasteiger partial charge in [0.2, 0.25) is 0 Å². The lowest BCUT2D eigenvalue weighted by Crippen LogP contribution is -2.15. The first-order chi connectivity index (χ1) is 6.46. The van der Waals surface area contributed by atoms with Gasteiger partial charge in [-0.15, -0.1) is 0 Å². The van der Waals surface area contributed by atoms with Crippen LogP contribution in [0.2, 0.25) is 0 Å². The van der Waals surface area contributed by atoms with Crippen LogP contribution in [0.3, 0.4) is 0 Å². The predicted octanol–water partition coefficient (Wildman–Crippen LogP) is 1.59. The summed E-state index contributed by atoms with van der Waals surface area (Å²) in [4.78, 5) is 11.1. The molecule has 0 amide bonds. The Labute approximate surface area is 83.2 Å². The molecule has 1 rings (SSSR count). The van der Waals surface area contributed by atoms with Gasteiger partial charge < -0.3 is 5.21 Å². The van der Waals surface area contributed by atoms with E-state index in [2.05, 4.69) is 11.2 Å². The topological polar surface area (TPSA) is 73.4 Å². The van der Waals surface area contributed by atoms with Gasteiger partial charge in [0, 0.05) is 19.3 Å². The summed E-state index contributed by atoms with van der Waals surface area (Å²) < 4.78 is 0. The number of oxime groups is 1. The minimum atomic E-state index is -0.217. The average Bonchev–Trinajstić information content (AvgIpc) is 2.58. The Balaban J connectivity index is 2.83. The third kappa shape index (κ3) is 1.50. The van der Waals surface area contributed by atoms with Crippen LogP contribution in [0, 0.1) is 28.6 Å². The first kappa shape index (κ1) is 10.7. The molecule has 1 aliphatic rings. The van der Waals surface area contributed by atoms with Gasteiger partial charge in [-0.25, -0.2) is 0 Å². The maximum absolute atomic E-state index is 11.1. The van der Waals surface area contributed by atoms with Crippen molar-refractivity contribution in [2.75, 3.05) is 0 Å². The number of nitrogens with zero attached hydrogens (tertiary/aromatic N) is 2. The number of rotatable bonds is 3. The standard InChI is InChI=1S/C10H14N2O2/c1-6(13)9(12-14)8-7(4-5-11)10(8,2)3/h7-8,14H,4H2,1-3H3/t7-,8-/m1/s1. The normalized spacial score (nSPS) is 29.4. The summed E-state index contributed by atoms with van der Waals surface area (Å²) >= 11 is 0. The highest BCUT2D eigenvalue weighted by atomic mass is 16.4. The van der Waals surface area contributed by atoms with Crippen molar-refractivity contribution in [1.29, 1.82) is 5.26 Å². The lowest BCUT2D eigenvalue weighted by molar-refractivity contribution is -0.111. The summed E-state index contributed by atoms with van der Waals surface area (Å²) in [6.45, 7) is 5.34. The zero-order valence-corrected chi connectivity index (χ0v) is 8.61. The molecule has 4 heteroatoms. The molecule has 1 N–H and O–H groups in total. The first-order valence-corrected chi connectivity index (χ1v) is 4.56. The van der Waals surface area contributed by atoms with Gasteiger partial charge in [0.05, 0.1) is 6.07 Å². The quantitative estimate of drug-likeness (QED) is 0.421. The van der Waals surface area contributed by atoms with Crippen LogP contribution in [0.5, 0.6) is 0 Å². The Morgan fingerprint density at radius 3 is 2.57 bits per heavy atom. The molecule has 0 aromatic rings. The number of ketones is 1. The molecule has 0 unspecified atom stereocenters. The fourth-order valence-corrected chi connectivity index (χ4v) is 2.12. The van der Waals surface area contributed by atoms with Crippen molar-refractivity contribution in [3.8, 4) is 6.07 Å². The zero-order chi connectivity index (χ0) is 10.9. The summed E-state index contributed by atoms with van der Waals surface area (Å²) in [5.41, 5.74) is 0.110. The van der Waals surface area contributed by atoms with Gasteiger partial charge in [-0.3, -0.25) is 4.79 Å². The zero-order valence-electron chi connectivity index (χ0n) is 8.61. The van der Waals surface area contributed by atoms with E-state index in [-0.39, 0.29) is 28.7 Å². The third-order valence-corrected chi connectivity index (χ3v) is 3.12. The van der Waals surface area contributed by atoms with Gasteiger partial charge in [0.15, 0.2) is 5.78 Å². The maximum atomic E-state index is 11.1. The van der Waals surface area contributed by atoms with Crippen LogP contribution in [0.4, 0.5) is 0 Å². The van der Waals surface area contributed by atoms with Crippen molar-refractivity contribution in [2.45, 2.75) is 27.2 Å². The second-order valence-electron chi connectivity index (χ2n) is 4.31. The van der Waals surface area contributed by atoms with Gasteiger partial charge in [-0.1, -0.05) is 19.0 Å². The van der Waals surface area contributed by atoms with Crippen LogP contribution in [-0.2, 0) is 4.79 Å². The molecular weight excluding hydrogens is 180 g/mol. The Morgan fingerprint density at radius 2 is 2.21 bits per heavy atom. The minimum absolute atomic E-state index is 0.0651. The Hall–Kier alpha value is -1.37. The van der Waals surface area contributed by atoms with E-state index in [1.807, 2.05) is 13.8 Å². The average molecular weight is 194 g/mol. The molecule has 0 spiro atoms. The van der Waals surface area contributed by atoms with E-state index < -0.39 is 0 Å². The molecule has 0 radical (unpaired) electrons. The fourth-order valence-electron chi connectivity index (χ4n) is 2.12. The van der Waals surface area contributed by atoms with Crippen LogP contribution < -0.4 is 0 Å². The van der Waals surface area contributed by atoms with E-state index in [1.165, 1.54) is 6.92 Å². The molecule has 0 heterocycles. The largest absolute Gasteiger partial charge is 0.411 e. The lowest BCUT2D eigenvalue weighted by Gasteiger charge is -2.01. The van der Waals surface area contributed by atoms with E-state index in [0.29, 0.717) is 6.42 Å². The number of carbonyl (C=O) groups excluding carboxylic acids is 1. The highest BCUT2D eigenvalue weighted by Gasteiger charge is 2.60. The molecule has 1 aliphatic carbocycles. The number of carbonyl (C=O) groups is 1. The van der Waals surface area contributed by atoms with Gasteiger partial charge in [0.25, 0.3) is 0 Å². The van der Waals surface area contributed by atoms with E-state index in [1.54, 1.807) is 0 Å². The van der Waals surface area contributed by atoms with Gasteiger partial charge >= 0.3 is 0 Å². The van der Waals surface area contributed by atoms with Crippen molar-refractivity contribution in [1.82, 2.24) is 0 Å². The summed E-state index contributed by atoms with van der Waals surface area (Å²) in [5, 5.41) is 20.3. The second-order valence-corrected chi connectivity index (χ2v) is 4.31. The van der Waals surface area contributed by atoms with Crippen LogP contribution in [0.25, 0.3) is 0 Å². The Kier molecular flexibility index (Phi) is 2.61. The summed E-state index contributed by atoms with van der Waals surface area (Å²) in [7, 11) is 0. The van der Waals surface area contributed by atoms with E-state index in [4.69, 9.17) is 10.5 Å². The van der Waals surface area contributed by atoms with Crippen LogP contribution in [-0.4, -0.2) is 16.7 Å². The van der Waals surface area contributed by atoms with E-state index >= 15 is 0 Å². The Morgan fingerprint density at radius 1 is 1.64 bits per heavy atom. The molecule has 4 nitrogen and oxygen atoms in total. The van der Waals surface area contributed by atoms with Crippen molar-refractivity contribution in [2.24, 2.45) is 22.4 Å². The van der Waals surface area contributed by atoms with Gasteiger partial charge in [-0.05, 0) is 11.3 Å². The molecule has 1 saturated carbocycles. The fraction of sp³-hybridized carbons (Fsp3) is 0.700. The maximum Gasteiger partial charge on any atom is 0.177 e. The molecule has 0 saturated heterocycles. The first-order valence-electron chi connectivity index (χ1n) is 4.56. The Bertz CT molecular complexity index is 326. The molecular formula is C10H14N2O2. The smallest absolute Gasteiger partial charge is 0.177 e. The lowest BCUT2D eigenvalue weighted by atomic mass is 10.0. The number of hydrogen-bond donors (Lipinski definition) is 1. The van der Waals surface area contributed by atoms with E-state index in [9.17, 15) is 4.79 Å². The summed E-state index contributed by atoms with van der Waals surface area (Å²) in [6.07, 6.45) is 0.407. The second kappa shape index (κ2) is 3.41. The molecule has 0 aromatic heterocycles. The molecule has 0 aliphatic heterocycles. The highest BCUT2D eigenvalue weighted by Crippen LogP contribution is 2.60. The predicted molar refractivity (Wildman–Crippen MR) is 50.9 cm³/mol. The molecule has 1 fully saturated rings. The van der Waals surface area contributed by atoms with Crippen molar-refractivity contribution < 1.29 is 10.0 Å². The van der Waals surface area contributed by atoms with Crippen molar-refractivity contribution >= 4 is 11.5 Å². The SMILES string of the molecule is CC(=O)C(=NO)[C@H]1[C@@H](CC#N)C1(C)C. The van der Waals surface area contributed by atoms with Gasteiger partial charge in [-0.2, -0.15) is 5.26 Å². The molecule has 76 valence electrons. The number of hydrogen-bond acceptors (Lipinski definition) is 4. The number of nitriles is 1. The summed E-state index contributed by atoms with van der Waals surface area (Å²) in [6, 6.07) is 2.09. The monoisotopic (exact) mass is 194 g/mol. The molecule has 0 bridgehead atoms. The summed E-state index contributed by atoms with van der Waals surface area (Å²) in [5.74, 6) is -0.141. The van der Waals surface area contributed by atoms with Crippen LogP contribution in [0.1, 0.15) is 27.2 Å². The van der Waals surface area contributed by atoms with Gasteiger partial charge in [0.1, 0.15) is 5.71 Å². The molecule has 0 aromatic carbocycles. The van der Waals surface area contributed by atoms with Crippen molar-refractivity contribution in [3.63, 3.8) is 0 Å².